The van der Waals surface area contributed by atoms with Crippen LogP contribution in [0.3, 0.4) is 0 Å². The quantitative estimate of drug-likeness (QED) is 0.618. The van der Waals surface area contributed by atoms with E-state index in [9.17, 15) is 4.79 Å². The number of H-pyrrole nitrogens is 1. The molecule has 0 aliphatic heterocycles. The molecular weight excluding hydrogens is 338 g/mol. The zero-order valence-electron chi connectivity index (χ0n) is 7.84. The molecule has 0 fully saturated rings. The van der Waals surface area contributed by atoms with Crippen molar-refractivity contribution >= 4 is 48.7 Å². The number of nitriles is 1. The Morgan fingerprint density at radius 1 is 1.38 bits per heavy atom. The van der Waals surface area contributed by atoms with E-state index in [2.05, 4.69) is 42.2 Å². The van der Waals surface area contributed by atoms with Gasteiger partial charge in [-0.3, -0.25) is 10.1 Å². The van der Waals surface area contributed by atoms with Crippen molar-refractivity contribution in [2.45, 2.75) is 0 Å². The Morgan fingerprint density at radius 3 is 2.75 bits per heavy atom. The van der Waals surface area contributed by atoms with Crippen molar-refractivity contribution in [2.75, 3.05) is 0 Å². The highest BCUT2D eigenvalue weighted by atomic mass is 79.9. The van der Waals surface area contributed by atoms with Crippen molar-refractivity contribution in [1.29, 1.82) is 5.26 Å². The standard InChI is InChI=1S/C10H5Br2N3O/c11-7-1-5-6(10(16)15-4-13)3-14-9(5)2-8(7)12/h1-3,14H,(H,15,16). The third-order valence-electron chi connectivity index (χ3n) is 2.14. The van der Waals surface area contributed by atoms with Gasteiger partial charge in [-0.1, -0.05) is 0 Å². The van der Waals surface area contributed by atoms with Crippen LogP contribution in [0.2, 0.25) is 0 Å². The molecule has 2 aromatic rings. The average molecular weight is 343 g/mol. The number of aromatic nitrogens is 1. The molecule has 0 aliphatic rings. The number of benzene rings is 1. The summed E-state index contributed by atoms with van der Waals surface area (Å²) in [6.45, 7) is 0. The van der Waals surface area contributed by atoms with Crippen LogP contribution in [0.15, 0.2) is 27.3 Å². The molecule has 4 nitrogen and oxygen atoms in total. The van der Waals surface area contributed by atoms with Gasteiger partial charge in [-0.2, -0.15) is 5.26 Å². The van der Waals surface area contributed by atoms with Crippen molar-refractivity contribution < 1.29 is 4.79 Å². The van der Waals surface area contributed by atoms with Gasteiger partial charge in [0.05, 0.1) is 5.56 Å². The molecule has 1 aromatic heterocycles. The Labute approximate surface area is 108 Å². The highest BCUT2D eigenvalue weighted by molar-refractivity contribution is 9.13. The van der Waals surface area contributed by atoms with Crippen molar-refractivity contribution in [3.8, 4) is 6.19 Å². The molecule has 2 rings (SSSR count). The number of nitrogens with zero attached hydrogens (tertiary/aromatic N) is 1. The summed E-state index contributed by atoms with van der Waals surface area (Å²) in [6.07, 6.45) is 3.19. The fourth-order valence-electron chi connectivity index (χ4n) is 1.42. The normalized spacial score (nSPS) is 10.1. The maximum Gasteiger partial charge on any atom is 0.266 e. The number of rotatable bonds is 1. The second kappa shape index (κ2) is 4.28. The number of amides is 1. The summed E-state index contributed by atoms with van der Waals surface area (Å²) in [6, 6.07) is 3.69. The number of fused-ring (bicyclic) bond motifs is 1. The predicted molar refractivity (Wildman–Crippen MR) is 66.8 cm³/mol. The van der Waals surface area contributed by atoms with Crippen LogP contribution in [0.1, 0.15) is 10.4 Å². The summed E-state index contributed by atoms with van der Waals surface area (Å²) in [5.74, 6) is -0.414. The van der Waals surface area contributed by atoms with Crippen LogP contribution in [0.25, 0.3) is 10.9 Å². The van der Waals surface area contributed by atoms with E-state index in [1.165, 1.54) is 0 Å². The molecule has 0 spiro atoms. The van der Waals surface area contributed by atoms with E-state index in [1.807, 2.05) is 12.1 Å². The Balaban J connectivity index is 2.61. The summed E-state index contributed by atoms with van der Waals surface area (Å²) in [5, 5.41) is 11.3. The molecule has 1 aromatic carbocycles. The number of nitrogens with one attached hydrogen (secondary N) is 2. The number of carbonyl (C=O) groups is 1. The van der Waals surface area contributed by atoms with Gasteiger partial charge in [-0.15, -0.1) is 0 Å². The van der Waals surface area contributed by atoms with Crippen LogP contribution in [0.5, 0.6) is 0 Å². The summed E-state index contributed by atoms with van der Waals surface area (Å²) >= 11 is 6.74. The summed E-state index contributed by atoms with van der Waals surface area (Å²) in [7, 11) is 0. The molecule has 1 heterocycles. The summed E-state index contributed by atoms with van der Waals surface area (Å²) in [4.78, 5) is 14.5. The molecular formula is C10H5Br2N3O. The molecule has 16 heavy (non-hydrogen) atoms. The molecule has 0 unspecified atom stereocenters. The number of hydrogen-bond donors (Lipinski definition) is 2. The molecule has 2 N–H and O–H groups in total. The topological polar surface area (TPSA) is 68.7 Å². The lowest BCUT2D eigenvalue weighted by atomic mass is 10.1. The van der Waals surface area contributed by atoms with Gasteiger partial charge >= 0.3 is 0 Å². The van der Waals surface area contributed by atoms with Crippen LogP contribution in [-0.4, -0.2) is 10.9 Å². The van der Waals surface area contributed by atoms with Gasteiger partial charge in [0.2, 0.25) is 0 Å². The molecule has 0 saturated heterocycles. The first-order chi connectivity index (χ1) is 7.63. The number of carbonyl (C=O) groups excluding carboxylic acids is 1. The fourth-order valence-corrected chi connectivity index (χ4v) is 2.11. The Kier molecular flexibility index (Phi) is 2.99. The van der Waals surface area contributed by atoms with Gasteiger partial charge in [0.1, 0.15) is 0 Å². The largest absolute Gasteiger partial charge is 0.360 e. The predicted octanol–water partition coefficient (Wildman–Crippen LogP) is 2.90. The first-order valence-corrected chi connectivity index (χ1v) is 5.87. The van der Waals surface area contributed by atoms with E-state index >= 15 is 0 Å². The highest BCUT2D eigenvalue weighted by Crippen LogP contribution is 2.29. The molecule has 0 atom stereocenters. The van der Waals surface area contributed by atoms with E-state index in [0.29, 0.717) is 5.56 Å². The second-order valence-corrected chi connectivity index (χ2v) is 4.79. The minimum atomic E-state index is -0.414. The lowest BCUT2D eigenvalue weighted by Crippen LogP contribution is -2.16. The monoisotopic (exact) mass is 341 g/mol. The first-order valence-electron chi connectivity index (χ1n) is 4.29. The van der Waals surface area contributed by atoms with Crippen molar-refractivity contribution in [2.24, 2.45) is 0 Å². The van der Waals surface area contributed by atoms with Crippen LogP contribution >= 0.6 is 31.9 Å². The van der Waals surface area contributed by atoms with Gasteiger partial charge in [0, 0.05) is 26.0 Å². The summed E-state index contributed by atoms with van der Waals surface area (Å²) in [5.41, 5.74) is 1.28. The van der Waals surface area contributed by atoms with E-state index in [0.717, 1.165) is 19.8 Å². The van der Waals surface area contributed by atoms with Crippen LogP contribution in [-0.2, 0) is 0 Å². The van der Waals surface area contributed by atoms with E-state index in [1.54, 1.807) is 12.4 Å². The van der Waals surface area contributed by atoms with E-state index in [4.69, 9.17) is 5.26 Å². The lowest BCUT2D eigenvalue weighted by Gasteiger charge is -1.98. The molecule has 0 radical (unpaired) electrons. The van der Waals surface area contributed by atoms with Crippen LogP contribution < -0.4 is 5.32 Å². The van der Waals surface area contributed by atoms with Crippen molar-refractivity contribution in [1.82, 2.24) is 10.3 Å². The molecule has 1 amide bonds. The zero-order valence-corrected chi connectivity index (χ0v) is 11.0. The Bertz CT molecular complexity index is 612. The molecule has 0 aliphatic carbocycles. The molecule has 0 bridgehead atoms. The van der Waals surface area contributed by atoms with Crippen molar-refractivity contribution in [3.05, 3.63) is 32.8 Å². The van der Waals surface area contributed by atoms with Gasteiger partial charge in [-0.25, -0.2) is 0 Å². The van der Waals surface area contributed by atoms with Crippen LogP contribution in [0, 0.1) is 11.5 Å². The smallest absolute Gasteiger partial charge is 0.266 e. The van der Waals surface area contributed by atoms with Crippen molar-refractivity contribution in [3.63, 3.8) is 0 Å². The third-order valence-corrected chi connectivity index (χ3v) is 3.98. The zero-order chi connectivity index (χ0) is 11.7. The maximum absolute atomic E-state index is 11.5. The SMILES string of the molecule is N#CNC(=O)c1c[nH]c2cc(Br)c(Br)cc12. The van der Waals surface area contributed by atoms with E-state index < -0.39 is 5.91 Å². The molecule has 80 valence electrons. The molecule has 0 saturated carbocycles. The van der Waals surface area contributed by atoms with Gasteiger partial charge in [-0.05, 0) is 44.0 Å². The Morgan fingerprint density at radius 2 is 2.06 bits per heavy atom. The fraction of sp³-hybridized carbons (Fsp3) is 0. The Hall–Kier alpha value is -1.32. The van der Waals surface area contributed by atoms with Gasteiger partial charge in [0.15, 0.2) is 6.19 Å². The number of halogens is 2. The maximum atomic E-state index is 11.5. The number of hydrogen-bond acceptors (Lipinski definition) is 2. The van der Waals surface area contributed by atoms with E-state index in [-0.39, 0.29) is 0 Å². The first kappa shape index (κ1) is 11.2. The third kappa shape index (κ3) is 1.84. The molecule has 6 heteroatoms. The van der Waals surface area contributed by atoms with Gasteiger partial charge in [0.25, 0.3) is 5.91 Å². The minimum absolute atomic E-state index is 0.414. The van der Waals surface area contributed by atoms with Gasteiger partial charge < -0.3 is 4.98 Å². The van der Waals surface area contributed by atoms with Crippen LogP contribution in [0.4, 0.5) is 0 Å². The second-order valence-electron chi connectivity index (χ2n) is 3.08. The minimum Gasteiger partial charge on any atom is -0.360 e. The lowest BCUT2D eigenvalue weighted by molar-refractivity contribution is 0.0974. The highest BCUT2D eigenvalue weighted by Gasteiger charge is 2.12. The number of aromatic amines is 1. The average Bonchev–Trinajstić information content (AvgIpc) is 2.62. The summed E-state index contributed by atoms with van der Waals surface area (Å²) < 4.78 is 1.75.